The Kier molecular flexibility index (Phi) is 5.87. The zero-order valence-corrected chi connectivity index (χ0v) is 16.1. The molecular weight excluding hydrogens is 405 g/mol. The molecule has 0 unspecified atom stereocenters. The lowest BCUT2D eigenvalue weighted by atomic mass is 10.2. The Bertz CT molecular complexity index is 1060. The van der Waals surface area contributed by atoms with Crippen molar-refractivity contribution in [1.29, 1.82) is 0 Å². The Balaban J connectivity index is 1.70. The Morgan fingerprint density at radius 3 is 2.43 bits per heavy atom. The van der Waals surface area contributed by atoms with Crippen molar-refractivity contribution in [3.63, 3.8) is 0 Å². The number of hydrogen-bond acceptors (Lipinski definition) is 4. The fraction of sp³-hybridized carbons (Fsp3) is 0.105. The number of fused-ring (bicyclic) bond motifs is 1. The van der Waals surface area contributed by atoms with Gasteiger partial charge in [0.25, 0.3) is 11.8 Å². The van der Waals surface area contributed by atoms with Crippen molar-refractivity contribution in [3.8, 4) is 0 Å². The van der Waals surface area contributed by atoms with E-state index in [9.17, 15) is 14.4 Å². The van der Waals surface area contributed by atoms with Gasteiger partial charge >= 0.3 is 5.97 Å². The monoisotopic (exact) mass is 419 g/mol. The van der Waals surface area contributed by atoms with Crippen molar-refractivity contribution in [2.45, 2.75) is 0 Å². The average molecular weight is 420 g/mol. The summed E-state index contributed by atoms with van der Waals surface area (Å²) in [5, 5.41) is 6.57. The molecule has 2 amide bonds. The number of H-pyrrole nitrogens is 1. The maximum absolute atomic E-state index is 12.5. The number of rotatable bonds is 5. The summed E-state index contributed by atoms with van der Waals surface area (Å²) in [6, 6.07) is 11.3. The molecule has 0 aliphatic rings. The molecule has 0 atom stereocenters. The van der Waals surface area contributed by atoms with Gasteiger partial charge in [-0.15, -0.1) is 0 Å². The van der Waals surface area contributed by atoms with Gasteiger partial charge in [0.1, 0.15) is 12.2 Å². The van der Waals surface area contributed by atoms with Crippen LogP contribution in [-0.2, 0) is 9.53 Å². The van der Waals surface area contributed by atoms with E-state index in [0.717, 1.165) is 0 Å². The molecule has 3 aromatic rings. The fourth-order valence-electron chi connectivity index (χ4n) is 2.51. The lowest BCUT2D eigenvalue weighted by molar-refractivity contribution is -0.139. The molecule has 2 aromatic carbocycles. The summed E-state index contributed by atoms with van der Waals surface area (Å²) in [7, 11) is 1.24. The second-order valence-corrected chi connectivity index (χ2v) is 6.61. The highest BCUT2D eigenvalue weighted by molar-refractivity contribution is 6.40. The molecule has 7 nitrogen and oxygen atoms in total. The molecule has 28 heavy (non-hydrogen) atoms. The van der Waals surface area contributed by atoms with Gasteiger partial charge in [0.2, 0.25) is 0 Å². The third-order valence-electron chi connectivity index (χ3n) is 3.95. The summed E-state index contributed by atoms with van der Waals surface area (Å²) in [5.41, 5.74) is 1.71. The smallest absolute Gasteiger partial charge is 0.325 e. The highest BCUT2D eigenvalue weighted by Crippen LogP contribution is 2.30. The van der Waals surface area contributed by atoms with Crippen LogP contribution in [0.25, 0.3) is 10.9 Å². The van der Waals surface area contributed by atoms with E-state index in [4.69, 9.17) is 23.2 Å². The van der Waals surface area contributed by atoms with Gasteiger partial charge in [-0.05, 0) is 42.5 Å². The number of esters is 1. The summed E-state index contributed by atoms with van der Waals surface area (Å²) in [6.45, 7) is -0.225. The number of halogens is 2. The molecule has 0 radical (unpaired) electrons. The van der Waals surface area contributed by atoms with Gasteiger partial charge in [-0.2, -0.15) is 0 Å². The van der Waals surface area contributed by atoms with Crippen LogP contribution < -0.4 is 10.6 Å². The Morgan fingerprint density at radius 2 is 1.75 bits per heavy atom. The zero-order valence-electron chi connectivity index (χ0n) is 14.6. The van der Waals surface area contributed by atoms with Gasteiger partial charge in [0.15, 0.2) is 0 Å². The lowest BCUT2D eigenvalue weighted by Crippen LogP contribution is -2.30. The number of nitrogens with one attached hydrogen (secondary N) is 3. The molecule has 3 rings (SSSR count). The number of hydrogen-bond donors (Lipinski definition) is 3. The molecule has 3 N–H and O–H groups in total. The van der Waals surface area contributed by atoms with Crippen LogP contribution in [0.2, 0.25) is 10.0 Å². The van der Waals surface area contributed by atoms with Crippen LogP contribution in [0.1, 0.15) is 20.8 Å². The minimum atomic E-state index is -0.547. The summed E-state index contributed by atoms with van der Waals surface area (Å²) < 4.78 is 4.46. The number of methoxy groups -OCH3 is 1. The van der Waals surface area contributed by atoms with Crippen LogP contribution in [0.5, 0.6) is 0 Å². The predicted molar refractivity (Wildman–Crippen MR) is 107 cm³/mol. The number of anilines is 1. The van der Waals surface area contributed by atoms with E-state index >= 15 is 0 Å². The molecule has 0 saturated carbocycles. The van der Waals surface area contributed by atoms with Crippen LogP contribution in [-0.4, -0.2) is 36.4 Å². The number of ether oxygens (including phenoxy) is 1. The number of carbonyl (C=O) groups excluding carboxylic acids is 3. The molecule has 0 bridgehead atoms. The first-order valence-electron chi connectivity index (χ1n) is 8.12. The van der Waals surface area contributed by atoms with Crippen molar-refractivity contribution in [3.05, 3.63) is 63.8 Å². The summed E-state index contributed by atoms with van der Waals surface area (Å²) in [5.74, 6) is -1.41. The molecule has 144 valence electrons. The van der Waals surface area contributed by atoms with Crippen LogP contribution >= 0.6 is 23.2 Å². The number of amides is 2. The van der Waals surface area contributed by atoms with E-state index in [1.807, 2.05) is 0 Å². The molecule has 1 heterocycles. The maximum Gasteiger partial charge on any atom is 0.325 e. The minimum absolute atomic E-state index is 0.207. The molecule has 1 aromatic heterocycles. The zero-order chi connectivity index (χ0) is 20.3. The van der Waals surface area contributed by atoms with Crippen molar-refractivity contribution in [2.75, 3.05) is 19.0 Å². The largest absolute Gasteiger partial charge is 0.468 e. The lowest BCUT2D eigenvalue weighted by Gasteiger charge is -2.07. The van der Waals surface area contributed by atoms with Gasteiger partial charge in [-0.3, -0.25) is 14.4 Å². The number of aromatic nitrogens is 1. The van der Waals surface area contributed by atoms with Crippen molar-refractivity contribution >= 4 is 57.6 Å². The van der Waals surface area contributed by atoms with E-state index in [1.165, 1.54) is 19.2 Å². The van der Waals surface area contributed by atoms with Gasteiger partial charge in [-0.25, -0.2) is 0 Å². The first-order valence-corrected chi connectivity index (χ1v) is 8.88. The van der Waals surface area contributed by atoms with Crippen molar-refractivity contribution in [1.82, 2.24) is 10.3 Å². The second kappa shape index (κ2) is 8.33. The molecule has 0 saturated heterocycles. The summed E-state index contributed by atoms with van der Waals surface area (Å²) in [6.07, 6.45) is 0. The first kappa shape index (κ1) is 19.7. The van der Waals surface area contributed by atoms with E-state index in [2.05, 4.69) is 20.4 Å². The highest BCUT2D eigenvalue weighted by atomic mass is 35.5. The minimum Gasteiger partial charge on any atom is -0.468 e. The third-order valence-corrected chi connectivity index (χ3v) is 4.58. The normalized spacial score (nSPS) is 10.5. The van der Waals surface area contributed by atoms with Gasteiger partial charge in [-0.1, -0.05) is 23.2 Å². The highest BCUT2D eigenvalue weighted by Gasteiger charge is 2.17. The second-order valence-electron chi connectivity index (χ2n) is 5.79. The van der Waals surface area contributed by atoms with Crippen LogP contribution in [0, 0.1) is 0 Å². The molecular formula is C19H15Cl2N3O4. The van der Waals surface area contributed by atoms with E-state index in [1.54, 1.807) is 30.3 Å². The Morgan fingerprint density at radius 1 is 1.04 bits per heavy atom. The summed E-state index contributed by atoms with van der Waals surface area (Å²) >= 11 is 12.3. The van der Waals surface area contributed by atoms with E-state index in [0.29, 0.717) is 27.2 Å². The molecule has 9 heteroatoms. The molecule has 0 fully saturated rings. The maximum atomic E-state index is 12.5. The standard InChI is InChI=1S/C19H15Cl2N3O4/c1-28-15(25)9-22-18(26)10-2-5-12(6-3-10)23-19(27)17-16(21)13-8-11(20)4-7-14(13)24-17/h2-8,24H,9H2,1H3,(H,22,26)(H,23,27). The SMILES string of the molecule is COC(=O)CNC(=O)c1ccc(NC(=O)c2[nH]c3ccc(Cl)cc3c2Cl)cc1. The fourth-order valence-corrected chi connectivity index (χ4v) is 2.97. The average Bonchev–Trinajstić information content (AvgIpc) is 3.02. The summed E-state index contributed by atoms with van der Waals surface area (Å²) in [4.78, 5) is 38.5. The Labute approximate surface area is 170 Å². The third kappa shape index (κ3) is 4.27. The van der Waals surface area contributed by atoms with Gasteiger partial charge in [0.05, 0.1) is 12.1 Å². The quantitative estimate of drug-likeness (QED) is 0.549. The van der Waals surface area contributed by atoms with E-state index in [-0.39, 0.29) is 17.3 Å². The van der Waals surface area contributed by atoms with Gasteiger partial charge < -0.3 is 20.4 Å². The van der Waals surface area contributed by atoms with Crippen molar-refractivity contribution < 1.29 is 19.1 Å². The number of carbonyl (C=O) groups is 3. The topological polar surface area (TPSA) is 100 Å². The van der Waals surface area contributed by atoms with Crippen molar-refractivity contribution in [2.24, 2.45) is 0 Å². The van der Waals surface area contributed by atoms with Crippen LogP contribution in [0.3, 0.4) is 0 Å². The molecule has 0 aliphatic carbocycles. The predicted octanol–water partition coefficient (Wildman–Crippen LogP) is 3.63. The number of benzene rings is 2. The van der Waals surface area contributed by atoms with Gasteiger partial charge in [0, 0.05) is 27.2 Å². The molecule has 0 spiro atoms. The van der Waals surface area contributed by atoms with Crippen LogP contribution in [0.15, 0.2) is 42.5 Å². The molecule has 0 aliphatic heterocycles. The Hall–Kier alpha value is -3.03. The number of aromatic amines is 1. The van der Waals surface area contributed by atoms with E-state index < -0.39 is 17.8 Å². The first-order chi connectivity index (χ1) is 13.4. The van der Waals surface area contributed by atoms with Crippen LogP contribution in [0.4, 0.5) is 5.69 Å².